The van der Waals surface area contributed by atoms with Crippen molar-refractivity contribution >= 4 is 55.3 Å². The first-order valence-corrected chi connectivity index (χ1v) is 12.7. The molecule has 0 aliphatic heterocycles. The molecule has 3 rings (SSSR count). The number of phenols is 1. The highest BCUT2D eigenvalue weighted by molar-refractivity contribution is 9.11. The molecule has 38 heavy (non-hydrogen) atoms. The lowest BCUT2D eigenvalue weighted by molar-refractivity contribution is -0.175. The van der Waals surface area contributed by atoms with E-state index in [9.17, 15) is 27.9 Å². The topological polar surface area (TPSA) is 111 Å². The third-order valence-corrected chi connectivity index (χ3v) is 7.08. The Morgan fingerprint density at radius 2 is 1.84 bits per heavy atom. The van der Waals surface area contributed by atoms with Gasteiger partial charge in [-0.1, -0.05) is 11.6 Å². The van der Waals surface area contributed by atoms with Crippen molar-refractivity contribution in [2.24, 2.45) is 0 Å². The number of hydrogen-bond acceptors (Lipinski definition) is 7. The second-order valence-electron chi connectivity index (χ2n) is 7.95. The molecule has 1 atom stereocenters. The number of phenolic OH excluding ortho intramolecular Hbond substituents is 1. The van der Waals surface area contributed by atoms with Crippen LogP contribution >= 0.6 is 43.5 Å². The van der Waals surface area contributed by atoms with Crippen molar-refractivity contribution in [3.63, 3.8) is 0 Å². The summed E-state index contributed by atoms with van der Waals surface area (Å²) >= 11 is 12.6. The van der Waals surface area contributed by atoms with Gasteiger partial charge in [-0.2, -0.15) is 18.3 Å². The highest BCUT2D eigenvalue weighted by Crippen LogP contribution is 2.41. The van der Waals surface area contributed by atoms with E-state index >= 15 is 0 Å². The predicted molar refractivity (Wildman–Crippen MR) is 138 cm³/mol. The summed E-state index contributed by atoms with van der Waals surface area (Å²) in [5.74, 6) is -2.55. The van der Waals surface area contributed by atoms with E-state index < -0.39 is 24.1 Å². The molecule has 0 aliphatic rings. The Labute approximate surface area is 236 Å². The quantitative estimate of drug-likeness (QED) is 0.289. The average Bonchev–Trinajstić information content (AvgIpc) is 2.86. The van der Waals surface area contributed by atoms with Crippen LogP contribution < -0.4 is 10.1 Å². The Morgan fingerprint density at radius 1 is 1.13 bits per heavy atom. The second kappa shape index (κ2) is 12.3. The van der Waals surface area contributed by atoms with E-state index in [4.69, 9.17) is 16.3 Å². The lowest BCUT2D eigenvalue weighted by Crippen LogP contribution is -2.48. The van der Waals surface area contributed by atoms with Gasteiger partial charge in [-0.25, -0.2) is 4.79 Å². The van der Waals surface area contributed by atoms with Gasteiger partial charge >= 0.3 is 18.1 Å². The van der Waals surface area contributed by atoms with Gasteiger partial charge in [0.15, 0.2) is 10.9 Å². The van der Waals surface area contributed by atoms with Crippen molar-refractivity contribution in [1.29, 1.82) is 0 Å². The summed E-state index contributed by atoms with van der Waals surface area (Å²) in [6, 6.07) is 7.88. The van der Waals surface area contributed by atoms with E-state index in [-0.39, 0.29) is 23.7 Å². The largest absolute Gasteiger partial charge is 0.508 e. The van der Waals surface area contributed by atoms with Crippen LogP contribution in [-0.2, 0) is 27.2 Å². The van der Waals surface area contributed by atoms with Crippen molar-refractivity contribution in [3.8, 4) is 17.2 Å². The first-order chi connectivity index (χ1) is 17.8. The Balaban J connectivity index is 1.87. The van der Waals surface area contributed by atoms with E-state index in [2.05, 4.69) is 46.8 Å². The molecule has 0 aliphatic carbocycles. The molecule has 0 radical (unpaired) electrons. The van der Waals surface area contributed by atoms with Gasteiger partial charge in [0.25, 0.3) is 0 Å². The molecule has 14 heteroatoms. The number of amides is 1. The minimum Gasteiger partial charge on any atom is -0.508 e. The first-order valence-electron chi connectivity index (χ1n) is 10.7. The number of ether oxygens (including phenoxy) is 2. The molecular weight excluding hydrogens is 663 g/mol. The molecule has 0 fully saturated rings. The number of nitrogens with one attached hydrogen (secondary N) is 1. The standard InChI is InChI=1S/C24H19Br2ClF3N3O5/c1-11-12(10-17(22(35)37-2)31-23(36)24(28,29)30)9-16(25)21(20(11)26)38-15-4-5-18(34)13(8-15)7-14-3-6-19(27)33-32-14/h3-6,8-9,17,34H,7,10H2,1-2H3,(H,31,36)/t17-/m0/s1. The third kappa shape index (κ3) is 7.35. The van der Waals surface area contributed by atoms with Gasteiger partial charge in [0.1, 0.15) is 17.5 Å². The van der Waals surface area contributed by atoms with E-state index in [0.717, 1.165) is 7.11 Å². The molecule has 0 bridgehead atoms. The second-order valence-corrected chi connectivity index (χ2v) is 9.99. The summed E-state index contributed by atoms with van der Waals surface area (Å²) in [6.07, 6.45) is -5.18. The molecule has 2 aromatic carbocycles. The number of halogens is 6. The normalized spacial score (nSPS) is 12.1. The summed E-state index contributed by atoms with van der Waals surface area (Å²) in [7, 11) is 1.01. The van der Waals surface area contributed by atoms with Crippen LogP contribution in [0.1, 0.15) is 22.4 Å². The van der Waals surface area contributed by atoms with E-state index in [1.165, 1.54) is 6.07 Å². The molecule has 0 saturated carbocycles. The lowest BCUT2D eigenvalue weighted by Gasteiger charge is -2.20. The van der Waals surface area contributed by atoms with Crippen molar-refractivity contribution in [2.75, 3.05) is 7.11 Å². The van der Waals surface area contributed by atoms with Crippen LogP contribution in [0.25, 0.3) is 0 Å². The number of aromatic hydroxyl groups is 1. The minimum absolute atomic E-state index is 0.0218. The van der Waals surface area contributed by atoms with Crippen LogP contribution in [0.2, 0.25) is 5.15 Å². The van der Waals surface area contributed by atoms with Gasteiger partial charge in [-0.15, -0.1) is 5.10 Å². The third-order valence-electron chi connectivity index (χ3n) is 5.33. The minimum atomic E-state index is -5.16. The number of carbonyl (C=O) groups excluding carboxylic acids is 2. The van der Waals surface area contributed by atoms with E-state index in [1.807, 2.05) is 0 Å². The molecule has 8 nitrogen and oxygen atoms in total. The number of nitrogens with zero attached hydrogens (tertiary/aromatic N) is 2. The molecule has 1 amide bonds. The monoisotopic (exact) mass is 679 g/mol. The van der Waals surface area contributed by atoms with Crippen LogP contribution in [0, 0.1) is 6.92 Å². The Bertz CT molecular complexity index is 1360. The number of methoxy groups -OCH3 is 1. The zero-order valence-corrected chi connectivity index (χ0v) is 23.6. The van der Waals surface area contributed by atoms with Gasteiger partial charge in [0, 0.05) is 18.4 Å². The zero-order valence-electron chi connectivity index (χ0n) is 19.7. The highest BCUT2D eigenvalue weighted by Gasteiger charge is 2.41. The number of alkyl halides is 3. The van der Waals surface area contributed by atoms with Gasteiger partial charge in [-0.05, 0) is 86.3 Å². The maximum Gasteiger partial charge on any atom is 0.471 e. The average molecular weight is 682 g/mol. The predicted octanol–water partition coefficient (Wildman–Crippen LogP) is 5.81. The van der Waals surface area contributed by atoms with Crippen LogP contribution in [0.5, 0.6) is 17.2 Å². The van der Waals surface area contributed by atoms with Crippen LogP contribution in [0.3, 0.4) is 0 Å². The van der Waals surface area contributed by atoms with Gasteiger partial charge in [0.2, 0.25) is 0 Å². The molecular formula is C24H19Br2ClF3N3O5. The summed E-state index contributed by atoms with van der Waals surface area (Å²) in [5.41, 5.74) is 2.08. The fourth-order valence-electron chi connectivity index (χ4n) is 3.36. The maximum absolute atomic E-state index is 12.8. The molecule has 0 spiro atoms. The summed E-state index contributed by atoms with van der Waals surface area (Å²) in [5, 5.41) is 20.0. The number of carbonyl (C=O) groups is 2. The summed E-state index contributed by atoms with van der Waals surface area (Å²) < 4.78 is 49.7. The molecule has 1 heterocycles. The van der Waals surface area contributed by atoms with Crippen molar-refractivity contribution in [1.82, 2.24) is 15.5 Å². The fourth-order valence-corrected chi connectivity index (χ4v) is 4.83. The molecule has 1 aromatic heterocycles. The van der Waals surface area contributed by atoms with Crippen molar-refractivity contribution in [2.45, 2.75) is 32.0 Å². The molecule has 3 aromatic rings. The summed E-state index contributed by atoms with van der Waals surface area (Å²) in [6.45, 7) is 1.67. The Hall–Kier alpha value is -2.90. The number of rotatable bonds is 8. The van der Waals surface area contributed by atoms with Crippen LogP contribution in [-0.4, -0.2) is 46.5 Å². The number of esters is 1. The molecule has 202 valence electrons. The van der Waals surface area contributed by atoms with Gasteiger partial charge in [-0.3, -0.25) is 4.79 Å². The number of benzene rings is 2. The SMILES string of the molecule is COC(=O)[C@H](Cc1cc(Br)c(Oc2ccc(O)c(Cc3ccc(Cl)nn3)c2)c(Br)c1C)NC(=O)C(F)(F)F. The fraction of sp³-hybridized carbons (Fsp3) is 0.250. The Kier molecular flexibility index (Phi) is 9.60. The molecule has 0 saturated heterocycles. The Morgan fingerprint density at radius 3 is 2.45 bits per heavy atom. The van der Waals surface area contributed by atoms with E-state index in [1.54, 1.807) is 42.6 Å². The van der Waals surface area contributed by atoms with Crippen LogP contribution in [0.4, 0.5) is 13.2 Å². The van der Waals surface area contributed by atoms with E-state index in [0.29, 0.717) is 42.8 Å². The summed E-state index contributed by atoms with van der Waals surface area (Å²) in [4.78, 5) is 23.5. The maximum atomic E-state index is 12.8. The lowest BCUT2D eigenvalue weighted by atomic mass is 10.0. The van der Waals surface area contributed by atoms with Gasteiger partial charge < -0.3 is 19.9 Å². The smallest absolute Gasteiger partial charge is 0.471 e. The number of aromatic nitrogens is 2. The van der Waals surface area contributed by atoms with Crippen molar-refractivity contribution < 1.29 is 37.3 Å². The van der Waals surface area contributed by atoms with Crippen LogP contribution in [0.15, 0.2) is 45.3 Å². The van der Waals surface area contributed by atoms with Crippen molar-refractivity contribution in [3.05, 3.63) is 72.9 Å². The highest BCUT2D eigenvalue weighted by atomic mass is 79.9. The first kappa shape index (κ1) is 29.7. The zero-order chi connectivity index (χ0) is 28.2. The number of hydrogen-bond donors (Lipinski definition) is 2. The molecule has 2 N–H and O–H groups in total. The van der Waals surface area contributed by atoms with Gasteiger partial charge in [0.05, 0.1) is 21.7 Å². The molecule has 0 unspecified atom stereocenters.